The van der Waals surface area contributed by atoms with Crippen molar-refractivity contribution in [2.75, 3.05) is 4.90 Å². The fourth-order valence-electron chi connectivity index (χ4n) is 10.6. The molecule has 0 saturated carbocycles. The summed E-state index contributed by atoms with van der Waals surface area (Å²) in [6.45, 7) is 9.53. The van der Waals surface area contributed by atoms with Crippen molar-refractivity contribution >= 4 is 71.3 Å². The van der Waals surface area contributed by atoms with E-state index in [1.165, 1.54) is 87.9 Å². The third kappa shape index (κ3) is 4.06. The molecule has 0 spiro atoms. The Labute approximate surface area is 326 Å². The minimum Gasteiger partial charge on any atom is -0.456 e. The number of benzene rings is 9. The number of fused-ring (bicyclic) bond motifs is 16. The Morgan fingerprint density at radius 1 is 0.375 bits per heavy atom. The Kier molecular flexibility index (Phi) is 6.22. The van der Waals surface area contributed by atoms with Crippen LogP contribution in [-0.4, -0.2) is 0 Å². The largest absolute Gasteiger partial charge is 0.456 e. The number of para-hydroxylation sites is 1. The average molecular weight is 718 g/mol. The van der Waals surface area contributed by atoms with Crippen LogP contribution in [0.2, 0.25) is 0 Å². The maximum atomic E-state index is 6.46. The smallest absolute Gasteiger partial charge is 0.136 e. The molecule has 9 aromatic carbocycles. The first-order chi connectivity index (χ1) is 27.3. The van der Waals surface area contributed by atoms with Crippen molar-refractivity contribution in [1.29, 1.82) is 0 Å². The molecule has 0 amide bonds. The molecule has 0 atom stereocenters. The lowest BCUT2D eigenvalue weighted by atomic mass is 9.81. The zero-order valence-electron chi connectivity index (χ0n) is 31.9. The number of nitrogens with zero attached hydrogens (tertiary/aromatic N) is 1. The number of rotatable bonds is 3. The van der Waals surface area contributed by atoms with Crippen LogP contribution in [0.3, 0.4) is 0 Å². The summed E-state index contributed by atoms with van der Waals surface area (Å²) in [6, 6.07) is 60.9. The van der Waals surface area contributed by atoms with Gasteiger partial charge in [-0.1, -0.05) is 143 Å². The van der Waals surface area contributed by atoms with E-state index in [0.717, 1.165) is 27.9 Å². The maximum Gasteiger partial charge on any atom is 0.136 e. The van der Waals surface area contributed by atoms with Gasteiger partial charge in [0.2, 0.25) is 0 Å². The predicted octanol–water partition coefficient (Wildman–Crippen LogP) is 15.1. The van der Waals surface area contributed by atoms with Gasteiger partial charge >= 0.3 is 0 Å². The lowest BCUT2D eigenvalue weighted by molar-refractivity contribution is 0.658. The maximum absolute atomic E-state index is 6.46. The summed E-state index contributed by atoms with van der Waals surface area (Å²) in [7, 11) is 0. The third-order valence-electron chi connectivity index (χ3n) is 13.2. The summed E-state index contributed by atoms with van der Waals surface area (Å²) < 4.78 is 6.46. The SMILES string of the molecule is CC1(C)c2ccccc2-c2ccc(N(c3ccc4c5ccccc5c5c(ccc6oc7ccccc7c65)c4c3)c3cccc4c3C(C)(C)c3ccccc3-4)cc21. The molecule has 0 bridgehead atoms. The normalized spacial score (nSPS) is 14.7. The Balaban J connectivity index is 1.18. The zero-order valence-corrected chi connectivity index (χ0v) is 31.9. The highest BCUT2D eigenvalue weighted by Crippen LogP contribution is 2.56. The van der Waals surface area contributed by atoms with E-state index in [9.17, 15) is 0 Å². The predicted molar refractivity (Wildman–Crippen MR) is 236 cm³/mol. The van der Waals surface area contributed by atoms with Crippen LogP contribution < -0.4 is 4.90 Å². The Hall–Kier alpha value is -6.64. The molecule has 2 aliphatic rings. The standard InChI is InChI=1S/C54H39NO/c1-53(2)44-20-10-7-15-36(44)38-27-25-33(31-46(38)53)55(47-22-13-19-41-37-16-8-11-21-45(37)54(3,4)52(41)47)32-24-26-35-34-14-5-6-17-39(34)50-40(43(35)30-32)28-29-49-51(50)42-18-9-12-23-48(42)56-49/h5-31H,1-4H3. The molecule has 1 aromatic heterocycles. The summed E-state index contributed by atoms with van der Waals surface area (Å²) >= 11 is 0. The van der Waals surface area contributed by atoms with Crippen LogP contribution in [0.1, 0.15) is 49.9 Å². The fraction of sp³-hybridized carbons (Fsp3) is 0.111. The lowest BCUT2D eigenvalue weighted by Crippen LogP contribution is -2.21. The van der Waals surface area contributed by atoms with Gasteiger partial charge in [0.15, 0.2) is 0 Å². The van der Waals surface area contributed by atoms with Gasteiger partial charge in [-0.25, -0.2) is 0 Å². The first-order valence-electron chi connectivity index (χ1n) is 19.8. The summed E-state index contributed by atoms with van der Waals surface area (Å²) in [6.07, 6.45) is 0. The molecule has 56 heavy (non-hydrogen) atoms. The summed E-state index contributed by atoms with van der Waals surface area (Å²) in [5.41, 5.74) is 15.8. The van der Waals surface area contributed by atoms with E-state index in [2.05, 4.69) is 196 Å². The van der Waals surface area contributed by atoms with Crippen molar-refractivity contribution in [2.24, 2.45) is 0 Å². The molecule has 1 heterocycles. The molecule has 2 aliphatic carbocycles. The van der Waals surface area contributed by atoms with Crippen molar-refractivity contribution in [2.45, 2.75) is 38.5 Å². The van der Waals surface area contributed by atoms with E-state index in [1.807, 2.05) is 0 Å². The van der Waals surface area contributed by atoms with Gasteiger partial charge in [0.05, 0.1) is 5.69 Å². The van der Waals surface area contributed by atoms with Crippen LogP contribution in [0.4, 0.5) is 17.1 Å². The van der Waals surface area contributed by atoms with Crippen molar-refractivity contribution in [3.8, 4) is 22.3 Å². The quantitative estimate of drug-likeness (QED) is 0.169. The van der Waals surface area contributed by atoms with Gasteiger partial charge in [0.25, 0.3) is 0 Å². The number of anilines is 3. The molecule has 0 saturated heterocycles. The van der Waals surface area contributed by atoms with Crippen molar-refractivity contribution in [3.05, 3.63) is 186 Å². The zero-order chi connectivity index (χ0) is 37.5. The first kappa shape index (κ1) is 31.7. The van der Waals surface area contributed by atoms with Gasteiger partial charge in [0, 0.05) is 38.4 Å². The number of hydrogen-bond donors (Lipinski definition) is 0. The topological polar surface area (TPSA) is 16.4 Å². The molecule has 0 radical (unpaired) electrons. The van der Waals surface area contributed by atoms with Gasteiger partial charge in [-0.05, 0) is 120 Å². The monoisotopic (exact) mass is 717 g/mol. The third-order valence-corrected chi connectivity index (χ3v) is 13.2. The molecule has 0 unspecified atom stereocenters. The molecule has 266 valence electrons. The Bertz CT molecular complexity index is 3320. The van der Waals surface area contributed by atoms with E-state index >= 15 is 0 Å². The fourth-order valence-corrected chi connectivity index (χ4v) is 10.6. The molecule has 12 rings (SSSR count). The summed E-state index contributed by atoms with van der Waals surface area (Å²) in [5, 5.41) is 9.79. The Morgan fingerprint density at radius 3 is 1.77 bits per heavy atom. The van der Waals surface area contributed by atoms with Gasteiger partial charge < -0.3 is 9.32 Å². The molecule has 0 aliphatic heterocycles. The Morgan fingerprint density at radius 2 is 0.946 bits per heavy atom. The average Bonchev–Trinajstić information content (AvgIpc) is 3.81. The summed E-state index contributed by atoms with van der Waals surface area (Å²) in [5.74, 6) is 0. The number of furan rings is 1. The molecule has 2 nitrogen and oxygen atoms in total. The second kappa shape index (κ2) is 11.0. The van der Waals surface area contributed by atoms with E-state index in [1.54, 1.807) is 0 Å². The van der Waals surface area contributed by atoms with Gasteiger partial charge in [0.1, 0.15) is 11.2 Å². The highest BCUT2D eigenvalue weighted by atomic mass is 16.3. The molecular weight excluding hydrogens is 679 g/mol. The van der Waals surface area contributed by atoms with Crippen LogP contribution in [0.5, 0.6) is 0 Å². The summed E-state index contributed by atoms with van der Waals surface area (Å²) in [4.78, 5) is 2.54. The van der Waals surface area contributed by atoms with Crippen molar-refractivity contribution < 1.29 is 4.42 Å². The highest BCUT2D eigenvalue weighted by Gasteiger charge is 2.40. The second-order valence-corrected chi connectivity index (χ2v) is 16.8. The van der Waals surface area contributed by atoms with Crippen LogP contribution in [-0.2, 0) is 10.8 Å². The van der Waals surface area contributed by atoms with E-state index in [4.69, 9.17) is 4.42 Å². The van der Waals surface area contributed by atoms with E-state index in [0.29, 0.717) is 0 Å². The van der Waals surface area contributed by atoms with Gasteiger partial charge in [-0.3, -0.25) is 0 Å². The first-order valence-corrected chi connectivity index (χ1v) is 19.8. The molecule has 10 aromatic rings. The minimum atomic E-state index is -0.194. The molecule has 2 heteroatoms. The molecule has 0 N–H and O–H groups in total. The van der Waals surface area contributed by atoms with Crippen molar-refractivity contribution in [1.82, 2.24) is 0 Å². The van der Waals surface area contributed by atoms with Gasteiger partial charge in [-0.15, -0.1) is 0 Å². The van der Waals surface area contributed by atoms with Crippen molar-refractivity contribution in [3.63, 3.8) is 0 Å². The molecular formula is C54H39NO. The van der Waals surface area contributed by atoms with Crippen LogP contribution in [0.25, 0.3) is 76.5 Å². The van der Waals surface area contributed by atoms with E-state index < -0.39 is 0 Å². The second-order valence-electron chi connectivity index (χ2n) is 16.8. The van der Waals surface area contributed by atoms with Gasteiger partial charge in [-0.2, -0.15) is 0 Å². The minimum absolute atomic E-state index is 0.126. The van der Waals surface area contributed by atoms with Crippen LogP contribution in [0.15, 0.2) is 168 Å². The highest BCUT2D eigenvalue weighted by molar-refractivity contribution is 6.34. The van der Waals surface area contributed by atoms with Crippen LogP contribution in [0, 0.1) is 0 Å². The lowest BCUT2D eigenvalue weighted by Gasteiger charge is -2.33. The van der Waals surface area contributed by atoms with E-state index in [-0.39, 0.29) is 10.8 Å². The molecule has 0 fully saturated rings. The number of hydrogen-bond acceptors (Lipinski definition) is 2. The van der Waals surface area contributed by atoms with Crippen LogP contribution >= 0.6 is 0 Å².